The van der Waals surface area contributed by atoms with Gasteiger partial charge >= 0.3 is 0 Å². The summed E-state index contributed by atoms with van der Waals surface area (Å²) in [6, 6.07) is 8.04. The second-order valence-corrected chi connectivity index (χ2v) is 4.98. The van der Waals surface area contributed by atoms with Gasteiger partial charge in [0.1, 0.15) is 11.6 Å². The molecule has 6 heteroatoms. The number of halogens is 3. The van der Waals surface area contributed by atoms with Crippen LogP contribution in [0.1, 0.15) is 6.92 Å². The summed E-state index contributed by atoms with van der Waals surface area (Å²) in [5, 5.41) is 3.84. The van der Waals surface area contributed by atoms with Crippen molar-refractivity contribution in [1.29, 1.82) is 0 Å². The number of para-hydroxylation sites is 1. The first-order chi connectivity index (χ1) is 9.54. The molecule has 0 radical (unpaired) electrons. The number of nitrogens with one attached hydrogen (secondary N) is 1. The first kappa shape index (κ1) is 14.9. The fourth-order valence-electron chi connectivity index (χ4n) is 1.82. The van der Waals surface area contributed by atoms with Crippen molar-refractivity contribution in [3.8, 4) is 0 Å². The molecule has 0 aliphatic rings. The first-order valence-corrected chi connectivity index (χ1v) is 6.88. The van der Waals surface area contributed by atoms with Gasteiger partial charge in [0.15, 0.2) is 5.82 Å². The Hall–Kier alpha value is -1.52. The summed E-state index contributed by atoms with van der Waals surface area (Å²) in [6.07, 6.45) is 0. The Kier molecular flexibility index (Phi) is 4.68. The number of nitrogens with zero attached hydrogens (tertiary/aromatic N) is 2. The molecule has 20 heavy (non-hydrogen) atoms. The van der Waals surface area contributed by atoms with E-state index in [1.54, 1.807) is 36.2 Å². The van der Waals surface area contributed by atoms with Gasteiger partial charge in [0, 0.05) is 13.6 Å². The van der Waals surface area contributed by atoms with Crippen molar-refractivity contribution < 1.29 is 4.39 Å². The van der Waals surface area contributed by atoms with E-state index in [1.807, 2.05) is 6.92 Å². The van der Waals surface area contributed by atoms with Gasteiger partial charge in [0.25, 0.3) is 0 Å². The topological polar surface area (TPSA) is 28.2 Å². The molecule has 0 atom stereocenters. The Morgan fingerprint density at radius 2 is 1.95 bits per heavy atom. The van der Waals surface area contributed by atoms with Crippen molar-refractivity contribution in [1.82, 2.24) is 4.98 Å². The van der Waals surface area contributed by atoms with Crippen LogP contribution in [0.25, 0.3) is 0 Å². The fraction of sp³-hybridized carbons (Fsp3) is 0.214. The molecule has 0 amide bonds. The molecule has 2 aromatic rings. The summed E-state index contributed by atoms with van der Waals surface area (Å²) in [5.41, 5.74) is 0.395. The fourth-order valence-corrected chi connectivity index (χ4v) is 2.37. The van der Waals surface area contributed by atoms with Gasteiger partial charge in [-0.3, -0.25) is 0 Å². The van der Waals surface area contributed by atoms with Gasteiger partial charge in [-0.25, -0.2) is 9.37 Å². The van der Waals surface area contributed by atoms with Gasteiger partial charge in [0.05, 0.1) is 15.7 Å². The molecular weight excluding hydrogens is 300 g/mol. The smallest absolute Gasteiger partial charge is 0.154 e. The molecule has 0 aliphatic carbocycles. The van der Waals surface area contributed by atoms with Crippen LogP contribution in [0.3, 0.4) is 0 Å². The third-order valence-corrected chi connectivity index (χ3v) is 3.35. The SMILES string of the molecule is CCNc1nc(N(C)c2ccccc2F)c(Cl)cc1Cl. The van der Waals surface area contributed by atoms with E-state index in [1.165, 1.54) is 6.07 Å². The molecule has 0 unspecified atom stereocenters. The summed E-state index contributed by atoms with van der Waals surface area (Å²) in [4.78, 5) is 5.96. The first-order valence-electron chi connectivity index (χ1n) is 6.12. The minimum atomic E-state index is -0.340. The van der Waals surface area contributed by atoms with Crippen LogP contribution in [0, 0.1) is 5.82 Å². The van der Waals surface area contributed by atoms with Crippen LogP contribution >= 0.6 is 23.2 Å². The van der Waals surface area contributed by atoms with Crippen molar-refractivity contribution in [2.24, 2.45) is 0 Å². The van der Waals surface area contributed by atoms with E-state index in [0.717, 1.165) is 0 Å². The molecule has 0 aliphatic heterocycles. The number of anilines is 3. The molecule has 1 aromatic carbocycles. The number of rotatable bonds is 4. The Bertz CT molecular complexity index is 619. The standard InChI is InChI=1S/C14H14Cl2FN3/c1-3-18-13-9(15)8-10(16)14(19-13)20(2)12-7-5-4-6-11(12)17/h4-8H,3H2,1-2H3,(H,18,19). The normalized spacial score (nSPS) is 10.4. The van der Waals surface area contributed by atoms with Crippen LogP contribution in [0.4, 0.5) is 21.7 Å². The minimum Gasteiger partial charge on any atom is -0.369 e. The predicted molar refractivity (Wildman–Crippen MR) is 82.9 cm³/mol. The lowest BCUT2D eigenvalue weighted by Crippen LogP contribution is -2.14. The molecule has 0 saturated carbocycles. The Morgan fingerprint density at radius 3 is 2.60 bits per heavy atom. The monoisotopic (exact) mass is 313 g/mol. The average molecular weight is 314 g/mol. The van der Waals surface area contributed by atoms with Gasteiger partial charge in [-0.2, -0.15) is 0 Å². The quantitative estimate of drug-likeness (QED) is 0.884. The van der Waals surface area contributed by atoms with Crippen LogP contribution in [-0.4, -0.2) is 18.6 Å². The van der Waals surface area contributed by atoms with E-state index in [-0.39, 0.29) is 5.82 Å². The highest BCUT2D eigenvalue weighted by Crippen LogP contribution is 2.34. The molecule has 0 bridgehead atoms. The summed E-state index contributed by atoms with van der Waals surface area (Å²) in [6.45, 7) is 2.62. The van der Waals surface area contributed by atoms with Crippen molar-refractivity contribution in [3.05, 3.63) is 46.2 Å². The van der Waals surface area contributed by atoms with E-state index in [0.29, 0.717) is 33.9 Å². The number of benzene rings is 1. The largest absolute Gasteiger partial charge is 0.369 e. The van der Waals surface area contributed by atoms with Gasteiger partial charge < -0.3 is 10.2 Å². The zero-order chi connectivity index (χ0) is 14.7. The van der Waals surface area contributed by atoms with Crippen LogP contribution in [0.15, 0.2) is 30.3 Å². The number of pyridine rings is 1. The number of hydrogen-bond acceptors (Lipinski definition) is 3. The molecule has 1 aromatic heterocycles. The molecular formula is C14H14Cl2FN3. The van der Waals surface area contributed by atoms with Gasteiger partial charge in [-0.1, -0.05) is 35.3 Å². The van der Waals surface area contributed by atoms with Gasteiger partial charge in [0.2, 0.25) is 0 Å². The minimum absolute atomic E-state index is 0.340. The van der Waals surface area contributed by atoms with Crippen LogP contribution < -0.4 is 10.2 Å². The van der Waals surface area contributed by atoms with Crippen molar-refractivity contribution in [3.63, 3.8) is 0 Å². The second kappa shape index (κ2) is 6.29. The highest BCUT2D eigenvalue weighted by molar-refractivity contribution is 6.37. The lowest BCUT2D eigenvalue weighted by atomic mass is 10.2. The zero-order valence-electron chi connectivity index (χ0n) is 11.1. The van der Waals surface area contributed by atoms with E-state index in [9.17, 15) is 4.39 Å². The van der Waals surface area contributed by atoms with Crippen molar-refractivity contribution in [2.45, 2.75) is 6.92 Å². The van der Waals surface area contributed by atoms with Crippen molar-refractivity contribution >= 4 is 40.5 Å². The number of hydrogen-bond donors (Lipinski definition) is 1. The van der Waals surface area contributed by atoms with E-state index in [4.69, 9.17) is 23.2 Å². The Balaban J connectivity index is 2.46. The van der Waals surface area contributed by atoms with Gasteiger partial charge in [-0.15, -0.1) is 0 Å². The molecule has 106 valence electrons. The van der Waals surface area contributed by atoms with Gasteiger partial charge in [-0.05, 0) is 25.1 Å². The third kappa shape index (κ3) is 2.97. The summed E-state index contributed by atoms with van der Waals surface area (Å²) in [7, 11) is 1.70. The zero-order valence-corrected chi connectivity index (χ0v) is 12.6. The van der Waals surface area contributed by atoms with Crippen LogP contribution in [0.5, 0.6) is 0 Å². The van der Waals surface area contributed by atoms with E-state index in [2.05, 4.69) is 10.3 Å². The maximum Gasteiger partial charge on any atom is 0.154 e. The lowest BCUT2D eigenvalue weighted by molar-refractivity contribution is 0.627. The average Bonchev–Trinajstić information content (AvgIpc) is 2.42. The summed E-state index contributed by atoms with van der Waals surface area (Å²) in [5.74, 6) is 0.627. The predicted octanol–water partition coefficient (Wildman–Crippen LogP) is 4.73. The molecule has 0 saturated heterocycles. The summed E-state index contributed by atoms with van der Waals surface area (Å²) >= 11 is 12.2. The maximum absolute atomic E-state index is 13.8. The van der Waals surface area contributed by atoms with E-state index >= 15 is 0 Å². The summed E-state index contributed by atoms with van der Waals surface area (Å²) < 4.78 is 13.8. The molecule has 0 spiro atoms. The molecule has 3 nitrogen and oxygen atoms in total. The molecule has 1 heterocycles. The maximum atomic E-state index is 13.8. The Labute approximate surface area is 127 Å². The number of aromatic nitrogens is 1. The Morgan fingerprint density at radius 1 is 1.25 bits per heavy atom. The molecule has 1 N–H and O–H groups in total. The lowest BCUT2D eigenvalue weighted by Gasteiger charge is -2.21. The highest BCUT2D eigenvalue weighted by Gasteiger charge is 2.16. The molecule has 2 rings (SSSR count). The van der Waals surface area contributed by atoms with Crippen LogP contribution in [-0.2, 0) is 0 Å². The second-order valence-electron chi connectivity index (χ2n) is 4.16. The van der Waals surface area contributed by atoms with Crippen molar-refractivity contribution in [2.75, 3.05) is 23.8 Å². The van der Waals surface area contributed by atoms with E-state index < -0.39 is 0 Å². The molecule has 0 fully saturated rings. The third-order valence-electron chi connectivity index (χ3n) is 2.79. The highest BCUT2D eigenvalue weighted by atomic mass is 35.5. The van der Waals surface area contributed by atoms with Crippen LogP contribution in [0.2, 0.25) is 10.0 Å².